The number of carbonyl (C=O) groups excluding carboxylic acids is 1. The third kappa shape index (κ3) is 5.50. The van der Waals surface area contributed by atoms with Crippen LogP contribution in [0.25, 0.3) is 0 Å². The maximum absolute atomic E-state index is 11.3. The fourth-order valence-electron chi connectivity index (χ4n) is 1.70. The van der Waals surface area contributed by atoms with Gasteiger partial charge >= 0.3 is 0 Å². The number of benzene rings is 1. The summed E-state index contributed by atoms with van der Waals surface area (Å²) in [5.74, 6) is -0.00812. The summed E-state index contributed by atoms with van der Waals surface area (Å²) < 4.78 is 0. The number of amides is 1. The topological polar surface area (TPSA) is 41.1 Å². The van der Waals surface area contributed by atoms with Gasteiger partial charge in [-0.15, -0.1) is 0 Å². The molecule has 0 unspecified atom stereocenters. The highest BCUT2D eigenvalue weighted by Crippen LogP contribution is 2.12. The predicted octanol–water partition coefficient (Wildman–Crippen LogP) is 2.58. The molecule has 0 aliphatic heterocycles. The van der Waals surface area contributed by atoms with E-state index in [0.29, 0.717) is 6.54 Å². The van der Waals surface area contributed by atoms with Gasteiger partial charge in [0.05, 0.1) is 6.54 Å². The first-order valence-electron chi connectivity index (χ1n) is 6.29. The zero-order valence-electron chi connectivity index (χ0n) is 10.8. The average Bonchev–Trinajstić information content (AvgIpc) is 2.32. The lowest BCUT2D eigenvalue weighted by Crippen LogP contribution is -2.24. The normalized spacial score (nSPS) is 10.2. The highest BCUT2D eigenvalue weighted by molar-refractivity contribution is 5.92. The van der Waals surface area contributed by atoms with E-state index >= 15 is 0 Å². The van der Waals surface area contributed by atoms with Gasteiger partial charge in [0.15, 0.2) is 0 Å². The maximum atomic E-state index is 11.3. The first kappa shape index (κ1) is 13.7. The fourth-order valence-corrected chi connectivity index (χ4v) is 1.70. The Morgan fingerprint density at radius 3 is 2.47 bits per heavy atom. The van der Waals surface area contributed by atoms with Crippen LogP contribution in [0.1, 0.15) is 31.7 Å². The maximum Gasteiger partial charge on any atom is 0.238 e. The van der Waals surface area contributed by atoms with Gasteiger partial charge in [0.25, 0.3) is 0 Å². The van der Waals surface area contributed by atoms with Crippen molar-refractivity contribution in [1.29, 1.82) is 0 Å². The summed E-state index contributed by atoms with van der Waals surface area (Å²) in [7, 11) is 1.76. The molecule has 1 aromatic rings. The molecular formula is C14H22N2O. The minimum absolute atomic E-state index is 0.00812. The molecule has 0 bridgehead atoms. The molecule has 1 amide bonds. The summed E-state index contributed by atoms with van der Waals surface area (Å²) in [5, 5.41) is 5.66. The minimum Gasteiger partial charge on any atom is -0.325 e. The molecule has 0 fully saturated rings. The first-order chi connectivity index (χ1) is 8.26. The molecule has 0 spiro atoms. The van der Waals surface area contributed by atoms with Crippen molar-refractivity contribution in [3.8, 4) is 0 Å². The van der Waals surface area contributed by atoms with Crippen LogP contribution in [0.5, 0.6) is 0 Å². The Morgan fingerprint density at radius 2 is 1.88 bits per heavy atom. The molecule has 3 nitrogen and oxygen atoms in total. The van der Waals surface area contributed by atoms with Crippen molar-refractivity contribution in [3.05, 3.63) is 29.8 Å². The number of aryl methyl sites for hydroxylation is 1. The van der Waals surface area contributed by atoms with Crippen molar-refractivity contribution >= 4 is 11.6 Å². The zero-order valence-corrected chi connectivity index (χ0v) is 10.8. The van der Waals surface area contributed by atoms with E-state index in [9.17, 15) is 4.79 Å². The Hall–Kier alpha value is -1.35. The van der Waals surface area contributed by atoms with Crippen LogP contribution in [-0.2, 0) is 11.2 Å². The van der Waals surface area contributed by atoms with Gasteiger partial charge in [-0.2, -0.15) is 0 Å². The van der Waals surface area contributed by atoms with Crippen molar-refractivity contribution in [3.63, 3.8) is 0 Å². The van der Waals surface area contributed by atoms with Gasteiger partial charge in [-0.05, 0) is 37.6 Å². The smallest absolute Gasteiger partial charge is 0.238 e. The molecule has 1 aromatic carbocycles. The Labute approximate surface area is 104 Å². The van der Waals surface area contributed by atoms with Crippen molar-refractivity contribution in [2.75, 3.05) is 18.9 Å². The molecule has 1 rings (SSSR count). The van der Waals surface area contributed by atoms with Crippen LogP contribution in [0, 0.1) is 0 Å². The standard InChI is InChI=1S/C14H22N2O/c1-3-4-5-6-12-7-9-13(10-8-12)16-14(17)11-15-2/h7-10,15H,3-6,11H2,1-2H3,(H,16,17). The Morgan fingerprint density at radius 1 is 1.18 bits per heavy atom. The van der Waals surface area contributed by atoms with Gasteiger partial charge in [0, 0.05) is 5.69 Å². The van der Waals surface area contributed by atoms with Crippen molar-refractivity contribution in [1.82, 2.24) is 5.32 Å². The number of anilines is 1. The van der Waals surface area contributed by atoms with Crippen LogP contribution in [0.3, 0.4) is 0 Å². The lowest BCUT2D eigenvalue weighted by molar-refractivity contribution is -0.115. The number of nitrogens with one attached hydrogen (secondary N) is 2. The molecule has 0 aromatic heterocycles. The highest BCUT2D eigenvalue weighted by Gasteiger charge is 2.00. The zero-order chi connectivity index (χ0) is 12.5. The molecule has 17 heavy (non-hydrogen) atoms. The molecule has 0 radical (unpaired) electrons. The quantitative estimate of drug-likeness (QED) is 0.712. The molecule has 94 valence electrons. The van der Waals surface area contributed by atoms with Gasteiger partial charge in [0.1, 0.15) is 0 Å². The lowest BCUT2D eigenvalue weighted by atomic mass is 10.1. The monoisotopic (exact) mass is 234 g/mol. The van der Waals surface area contributed by atoms with E-state index in [0.717, 1.165) is 12.1 Å². The molecule has 0 aliphatic carbocycles. The Bertz CT molecular complexity index is 333. The van der Waals surface area contributed by atoms with E-state index in [-0.39, 0.29) is 5.91 Å². The molecule has 3 heteroatoms. The summed E-state index contributed by atoms with van der Waals surface area (Å²) in [6, 6.07) is 8.11. The number of hydrogen-bond acceptors (Lipinski definition) is 2. The Balaban J connectivity index is 2.41. The molecule has 0 saturated heterocycles. The summed E-state index contributed by atoms with van der Waals surface area (Å²) in [6.45, 7) is 2.55. The molecule has 0 aliphatic rings. The number of rotatable bonds is 7. The number of likely N-dealkylation sites (N-methyl/N-ethyl adjacent to an activating group) is 1. The van der Waals surface area contributed by atoms with Gasteiger partial charge < -0.3 is 10.6 Å². The van der Waals surface area contributed by atoms with Crippen LogP contribution in [0.4, 0.5) is 5.69 Å². The molecular weight excluding hydrogens is 212 g/mol. The Kier molecular flexibility index (Phi) is 6.33. The summed E-state index contributed by atoms with van der Waals surface area (Å²) in [4.78, 5) is 11.3. The van der Waals surface area contributed by atoms with Crippen LogP contribution in [-0.4, -0.2) is 19.5 Å². The molecule has 2 N–H and O–H groups in total. The van der Waals surface area contributed by atoms with Gasteiger partial charge in [-0.1, -0.05) is 31.9 Å². The number of carbonyl (C=O) groups is 1. The van der Waals surface area contributed by atoms with Crippen LogP contribution >= 0.6 is 0 Å². The third-order valence-electron chi connectivity index (χ3n) is 2.64. The first-order valence-corrected chi connectivity index (χ1v) is 6.29. The minimum atomic E-state index is -0.00812. The van der Waals surface area contributed by atoms with Gasteiger partial charge in [-0.25, -0.2) is 0 Å². The average molecular weight is 234 g/mol. The number of unbranched alkanes of at least 4 members (excludes halogenated alkanes) is 2. The van der Waals surface area contributed by atoms with E-state index in [4.69, 9.17) is 0 Å². The van der Waals surface area contributed by atoms with E-state index in [1.54, 1.807) is 7.05 Å². The summed E-state index contributed by atoms with van der Waals surface area (Å²) >= 11 is 0. The van der Waals surface area contributed by atoms with Crippen LogP contribution < -0.4 is 10.6 Å². The van der Waals surface area contributed by atoms with Crippen molar-refractivity contribution < 1.29 is 4.79 Å². The van der Waals surface area contributed by atoms with E-state index in [1.807, 2.05) is 12.1 Å². The van der Waals surface area contributed by atoms with E-state index < -0.39 is 0 Å². The second-order valence-electron chi connectivity index (χ2n) is 4.23. The van der Waals surface area contributed by atoms with Crippen molar-refractivity contribution in [2.45, 2.75) is 32.6 Å². The number of hydrogen-bond donors (Lipinski definition) is 2. The SMILES string of the molecule is CCCCCc1ccc(NC(=O)CNC)cc1. The van der Waals surface area contributed by atoms with E-state index in [1.165, 1.54) is 24.8 Å². The van der Waals surface area contributed by atoms with E-state index in [2.05, 4.69) is 29.7 Å². The lowest BCUT2D eigenvalue weighted by Gasteiger charge is -2.06. The second kappa shape index (κ2) is 7.85. The molecule has 0 saturated carbocycles. The fraction of sp³-hybridized carbons (Fsp3) is 0.500. The molecule has 0 heterocycles. The highest BCUT2D eigenvalue weighted by atomic mass is 16.1. The van der Waals surface area contributed by atoms with Gasteiger partial charge in [0.2, 0.25) is 5.91 Å². The van der Waals surface area contributed by atoms with Gasteiger partial charge in [-0.3, -0.25) is 4.79 Å². The summed E-state index contributed by atoms with van der Waals surface area (Å²) in [6.07, 6.45) is 4.89. The molecule has 0 atom stereocenters. The predicted molar refractivity (Wildman–Crippen MR) is 72.2 cm³/mol. The summed E-state index contributed by atoms with van der Waals surface area (Å²) in [5.41, 5.74) is 2.20. The van der Waals surface area contributed by atoms with Crippen LogP contribution in [0.2, 0.25) is 0 Å². The van der Waals surface area contributed by atoms with Crippen LogP contribution in [0.15, 0.2) is 24.3 Å². The van der Waals surface area contributed by atoms with Crippen molar-refractivity contribution in [2.24, 2.45) is 0 Å². The largest absolute Gasteiger partial charge is 0.325 e. The second-order valence-corrected chi connectivity index (χ2v) is 4.23. The third-order valence-corrected chi connectivity index (χ3v) is 2.64.